The number of nitrogens with two attached hydrogens (primary N) is 1. The van der Waals surface area contributed by atoms with Crippen LogP contribution in [0.1, 0.15) is 11.1 Å². The lowest BCUT2D eigenvalue weighted by molar-refractivity contribution is 0.414. The molecular weight excluding hydrogens is 338 g/mol. The van der Waals surface area contributed by atoms with E-state index in [2.05, 4.69) is 10.3 Å². The molecule has 0 amide bonds. The molecule has 0 fully saturated rings. The van der Waals surface area contributed by atoms with Gasteiger partial charge in [-0.05, 0) is 48.2 Å². The van der Waals surface area contributed by atoms with Crippen molar-refractivity contribution in [1.29, 1.82) is 0 Å². The molecule has 6 heteroatoms. The largest absolute Gasteiger partial charge is 0.497 e. The minimum absolute atomic E-state index is 0.443. The number of ether oxygens (including phenoxy) is 2. The smallest absolute Gasteiger partial charge is 0.188 e. The number of hydrogen-bond acceptors (Lipinski definition) is 3. The van der Waals surface area contributed by atoms with Crippen LogP contribution in [0.15, 0.2) is 47.5 Å². The number of hydrogen-bond donors (Lipinski definition) is 2. The Kier molecular flexibility index (Phi) is 7.41. The quantitative estimate of drug-likeness (QED) is 0.560. The highest BCUT2D eigenvalue weighted by Gasteiger charge is 2.02. The topological polar surface area (TPSA) is 68.9 Å². The highest BCUT2D eigenvalue weighted by molar-refractivity contribution is 6.31. The highest BCUT2D eigenvalue weighted by atomic mass is 35.5. The van der Waals surface area contributed by atoms with Crippen LogP contribution in [0, 0.1) is 0 Å². The van der Waals surface area contributed by atoms with E-state index >= 15 is 0 Å². The molecule has 3 N–H and O–H groups in total. The third kappa shape index (κ3) is 6.19. The molecular formula is C19H24ClN3O2. The van der Waals surface area contributed by atoms with E-state index in [0.717, 1.165) is 36.4 Å². The Balaban J connectivity index is 1.74. The maximum Gasteiger partial charge on any atom is 0.188 e. The summed E-state index contributed by atoms with van der Waals surface area (Å²) in [4.78, 5) is 4.34. The zero-order chi connectivity index (χ0) is 18.1. The van der Waals surface area contributed by atoms with Gasteiger partial charge in [-0.25, -0.2) is 0 Å². The van der Waals surface area contributed by atoms with E-state index in [4.69, 9.17) is 26.8 Å². The number of benzene rings is 2. The second kappa shape index (κ2) is 9.79. The van der Waals surface area contributed by atoms with Crippen LogP contribution >= 0.6 is 11.6 Å². The molecule has 0 heterocycles. The summed E-state index contributed by atoms with van der Waals surface area (Å²) in [6, 6.07) is 13.6. The van der Waals surface area contributed by atoms with Crippen molar-refractivity contribution in [1.82, 2.24) is 5.32 Å². The Labute approximate surface area is 153 Å². The molecule has 0 saturated heterocycles. The third-order valence-electron chi connectivity index (χ3n) is 3.80. The van der Waals surface area contributed by atoms with Gasteiger partial charge in [-0.3, -0.25) is 4.99 Å². The second-order valence-electron chi connectivity index (χ2n) is 5.50. The Morgan fingerprint density at radius 1 is 1.04 bits per heavy atom. The van der Waals surface area contributed by atoms with Crippen LogP contribution in [0.3, 0.4) is 0 Å². The minimum Gasteiger partial charge on any atom is -0.497 e. The van der Waals surface area contributed by atoms with Gasteiger partial charge in [0.05, 0.1) is 14.2 Å². The lowest BCUT2D eigenvalue weighted by atomic mass is 10.1. The lowest BCUT2D eigenvalue weighted by Crippen LogP contribution is -2.33. The molecule has 5 nitrogen and oxygen atoms in total. The van der Waals surface area contributed by atoms with Gasteiger partial charge in [0.25, 0.3) is 0 Å². The van der Waals surface area contributed by atoms with Gasteiger partial charge in [0, 0.05) is 18.1 Å². The van der Waals surface area contributed by atoms with E-state index in [9.17, 15) is 0 Å². The highest BCUT2D eigenvalue weighted by Crippen LogP contribution is 2.22. The molecule has 0 saturated carbocycles. The Bertz CT molecular complexity index is 702. The van der Waals surface area contributed by atoms with E-state index in [0.29, 0.717) is 17.5 Å². The fourth-order valence-electron chi connectivity index (χ4n) is 2.34. The summed E-state index contributed by atoms with van der Waals surface area (Å²) in [5, 5.41) is 3.80. The fourth-order valence-corrected chi connectivity index (χ4v) is 2.60. The summed E-state index contributed by atoms with van der Waals surface area (Å²) >= 11 is 6.21. The summed E-state index contributed by atoms with van der Waals surface area (Å²) in [6.07, 6.45) is 1.59. The first-order valence-corrected chi connectivity index (χ1v) is 8.49. The van der Waals surface area contributed by atoms with Crippen LogP contribution in [0.5, 0.6) is 11.5 Å². The second-order valence-corrected chi connectivity index (χ2v) is 5.91. The van der Waals surface area contributed by atoms with Crippen molar-refractivity contribution >= 4 is 17.6 Å². The molecule has 0 aliphatic heterocycles. The molecule has 0 aliphatic rings. The van der Waals surface area contributed by atoms with Crippen molar-refractivity contribution in [3.8, 4) is 11.5 Å². The van der Waals surface area contributed by atoms with Gasteiger partial charge in [-0.15, -0.1) is 0 Å². The molecule has 25 heavy (non-hydrogen) atoms. The van der Waals surface area contributed by atoms with E-state index in [1.165, 1.54) is 5.56 Å². The van der Waals surface area contributed by atoms with Crippen LogP contribution in [-0.4, -0.2) is 33.3 Å². The SMILES string of the molecule is COc1ccc(CCNC(N)=NCCc2ccc(OC)cc2Cl)cc1. The third-order valence-corrected chi connectivity index (χ3v) is 4.15. The minimum atomic E-state index is 0.443. The maximum absolute atomic E-state index is 6.21. The number of methoxy groups -OCH3 is 2. The first-order chi connectivity index (χ1) is 12.1. The van der Waals surface area contributed by atoms with Gasteiger partial charge in [0.2, 0.25) is 0 Å². The van der Waals surface area contributed by atoms with Crippen molar-refractivity contribution in [2.24, 2.45) is 10.7 Å². The van der Waals surface area contributed by atoms with Gasteiger partial charge in [-0.1, -0.05) is 29.8 Å². The van der Waals surface area contributed by atoms with Crippen LogP contribution < -0.4 is 20.5 Å². The van der Waals surface area contributed by atoms with E-state index < -0.39 is 0 Å². The predicted molar refractivity (Wildman–Crippen MR) is 103 cm³/mol. The summed E-state index contributed by atoms with van der Waals surface area (Å²) in [5.41, 5.74) is 8.14. The number of guanidine groups is 1. The molecule has 0 spiro atoms. The summed E-state index contributed by atoms with van der Waals surface area (Å²) in [5.74, 6) is 2.05. The fraction of sp³-hybridized carbons (Fsp3) is 0.316. The van der Waals surface area contributed by atoms with E-state index in [1.807, 2.05) is 36.4 Å². The monoisotopic (exact) mass is 361 g/mol. The van der Waals surface area contributed by atoms with Crippen molar-refractivity contribution in [2.45, 2.75) is 12.8 Å². The predicted octanol–water partition coefficient (Wildman–Crippen LogP) is 3.05. The lowest BCUT2D eigenvalue weighted by Gasteiger charge is -2.08. The Morgan fingerprint density at radius 2 is 1.72 bits per heavy atom. The molecule has 0 aliphatic carbocycles. The van der Waals surface area contributed by atoms with Gasteiger partial charge in [0.15, 0.2) is 5.96 Å². The van der Waals surface area contributed by atoms with Gasteiger partial charge in [-0.2, -0.15) is 0 Å². The van der Waals surface area contributed by atoms with Gasteiger partial charge < -0.3 is 20.5 Å². The van der Waals surface area contributed by atoms with E-state index in [1.54, 1.807) is 20.3 Å². The zero-order valence-electron chi connectivity index (χ0n) is 14.6. The molecule has 2 aromatic rings. The summed E-state index contributed by atoms with van der Waals surface area (Å²) < 4.78 is 10.3. The maximum atomic E-state index is 6.21. The molecule has 134 valence electrons. The van der Waals surface area contributed by atoms with Gasteiger partial charge in [0.1, 0.15) is 11.5 Å². The normalized spacial score (nSPS) is 11.2. The van der Waals surface area contributed by atoms with Crippen LogP contribution in [0.2, 0.25) is 5.02 Å². The van der Waals surface area contributed by atoms with Crippen molar-refractivity contribution in [3.63, 3.8) is 0 Å². The molecule has 0 unspecified atom stereocenters. The zero-order valence-corrected chi connectivity index (χ0v) is 15.3. The average molecular weight is 362 g/mol. The molecule has 2 aromatic carbocycles. The summed E-state index contributed by atoms with van der Waals surface area (Å²) in [6.45, 7) is 1.30. The number of nitrogens with one attached hydrogen (secondary N) is 1. The van der Waals surface area contributed by atoms with Crippen molar-refractivity contribution in [3.05, 3.63) is 58.6 Å². The van der Waals surface area contributed by atoms with Crippen molar-refractivity contribution < 1.29 is 9.47 Å². The first-order valence-electron chi connectivity index (χ1n) is 8.11. The number of nitrogens with zero attached hydrogens (tertiary/aromatic N) is 1. The standard InChI is InChI=1S/C19H24ClN3O2/c1-24-16-6-3-14(4-7-16)9-11-22-19(21)23-12-10-15-5-8-17(25-2)13-18(15)20/h3-8,13H,9-12H2,1-2H3,(H3,21,22,23). The number of halogens is 1. The number of rotatable bonds is 8. The van der Waals surface area contributed by atoms with Crippen LogP contribution in [0.25, 0.3) is 0 Å². The molecule has 2 rings (SSSR count). The average Bonchev–Trinajstić information content (AvgIpc) is 2.63. The molecule has 0 atom stereocenters. The molecule has 0 radical (unpaired) electrons. The Morgan fingerprint density at radius 3 is 2.36 bits per heavy atom. The van der Waals surface area contributed by atoms with Crippen LogP contribution in [-0.2, 0) is 12.8 Å². The first kappa shape index (κ1) is 18.9. The summed E-state index contributed by atoms with van der Waals surface area (Å²) in [7, 11) is 3.28. The van der Waals surface area contributed by atoms with E-state index in [-0.39, 0.29) is 0 Å². The van der Waals surface area contributed by atoms with Crippen LogP contribution in [0.4, 0.5) is 0 Å². The molecule has 0 bridgehead atoms. The Hall–Kier alpha value is -2.40. The number of aliphatic imine (C=N–C) groups is 1. The van der Waals surface area contributed by atoms with Gasteiger partial charge >= 0.3 is 0 Å². The molecule has 0 aromatic heterocycles. The van der Waals surface area contributed by atoms with Crippen molar-refractivity contribution in [2.75, 3.05) is 27.3 Å².